The number of hydrogen-bond acceptors (Lipinski definition) is 2. The van der Waals surface area contributed by atoms with Gasteiger partial charge in [-0.1, -0.05) is 0 Å². The highest BCUT2D eigenvalue weighted by molar-refractivity contribution is 5.75. The van der Waals surface area contributed by atoms with Gasteiger partial charge in [-0.25, -0.2) is 4.79 Å². The summed E-state index contributed by atoms with van der Waals surface area (Å²) in [4.78, 5) is 23.1. The van der Waals surface area contributed by atoms with Crippen LogP contribution in [0.5, 0.6) is 0 Å². The third-order valence-electron chi connectivity index (χ3n) is 2.03. The first-order chi connectivity index (χ1) is 6.15. The molecule has 1 saturated carbocycles. The Kier molecular flexibility index (Phi) is 3.11. The fourth-order valence-corrected chi connectivity index (χ4v) is 1.20. The van der Waals surface area contributed by atoms with Crippen molar-refractivity contribution in [3.8, 4) is 0 Å². The van der Waals surface area contributed by atoms with E-state index < -0.39 is 5.97 Å². The molecule has 1 aliphatic rings. The summed E-state index contributed by atoms with van der Waals surface area (Å²) in [5.41, 5.74) is 0. The van der Waals surface area contributed by atoms with Gasteiger partial charge in [0.2, 0.25) is 0 Å². The first-order valence-electron chi connectivity index (χ1n) is 4.35. The molecule has 0 radical (unpaired) electrons. The molecule has 0 aromatic carbocycles. The number of aliphatic carboxylic acids is 1. The van der Waals surface area contributed by atoms with E-state index in [0.717, 1.165) is 12.8 Å². The van der Waals surface area contributed by atoms with Gasteiger partial charge in [-0.2, -0.15) is 0 Å². The molecular formula is C8H14N2O3. The van der Waals surface area contributed by atoms with Crippen LogP contribution in [0.2, 0.25) is 0 Å². The number of carboxylic acids is 1. The molecule has 0 aromatic rings. The van der Waals surface area contributed by atoms with Gasteiger partial charge < -0.3 is 15.3 Å². The topological polar surface area (TPSA) is 69.6 Å². The predicted molar refractivity (Wildman–Crippen MR) is 46.4 cm³/mol. The fraction of sp³-hybridized carbons (Fsp3) is 0.750. The van der Waals surface area contributed by atoms with Gasteiger partial charge in [-0.05, 0) is 12.8 Å². The molecule has 5 heteroatoms. The maximum Gasteiger partial charge on any atom is 0.317 e. The molecule has 0 heterocycles. The normalized spacial score (nSPS) is 15.2. The van der Waals surface area contributed by atoms with Crippen molar-refractivity contribution in [2.24, 2.45) is 0 Å². The molecule has 0 bridgehead atoms. The summed E-state index contributed by atoms with van der Waals surface area (Å²) < 4.78 is 0. The van der Waals surface area contributed by atoms with Gasteiger partial charge in [0.25, 0.3) is 0 Å². The Morgan fingerprint density at radius 3 is 2.54 bits per heavy atom. The molecule has 1 rings (SSSR count). The molecule has 74 valence electrons. The van der Waals surface area contributed by atoms with E-state index in [1.807, 2.05) is 0 Å². The van der Waals surface area contributed by atoms with Crippen LogP contribution in [0.3, 0.4) is 0 Å². The van der Waals surface area contributed by atoms with Crippen molar-refractivity contribution in [3.63, 3.8) is 0 Å². The summed E-state index contributed by atoms with van der Waals surface area (Å²) in [5.74, 6) is -0.866. The molecule has 0 spiro atoms. The Bertz CT molecular complexity index is 213. The highest BCUT2D eigenvalue weighted by Gasteiger charge is 2.31. The van der Waals surface area contributed by atoms with Gasteiger partial charge in [0.15, 0.2) is 0 Å². The maximum atomic E-state index is 11.2. The van der Waals surface area contributed by atoms with E-state index in [0.29, 0.717) is 6.54 Å². The Balaban J connectivity index is 2.38. The number of carbonyl (C=O) groups is 2. The summed E-state index contributed by atoms with van der Waals surface area (Å²) in [6.45, 7) is 0.305. The molecule has 1 aliphatic carbocycles. The highest BCUT2D eigenvalue weighted by atomic mass is 16.4. The Morgan fingerprint density at radius 1 is 1.54 bits per heavy atom. The fourth-order valence-electron chi connectivity index (χ4n) is 1.20. The van der Waals surface area contributed by atoms with Crippen LogP contribution in [0.4, 0.5) is 4.79 Å². The van der Waals surface area contributed by atoms with E-state index >= 15 is 0 Å². The molecule has 2 N–H and O–H groups in total. The average molecular weight is 186 g/mol. The van der Waals surface area contributed by atoms with Crippen LogP contribution in [-0.4, -0.2) is 41.6 Å². The summed E-state index contributed by atoms with van der Waals surface area (Å²) >= 11 is 0. The van der Waals surface area contributed by atoms with Crippen molar-refractivity contribution in [1.82, 2.24) is 10.2 Å². The lowest BCUT2D eigenvalue weighted by Crippen LogP contribution is -2.40. The monoisotopic (exact) mass is 186 g/mol. The molecule has 5 nitrogen and oxygen atoms in total. The number of rotatable bonds is 4. The van der Waals surface area contributed by atoms with Crippen LogP contribution >= 0.6 is 0 Å². The summed E-state index contributed by atoms with van der Waals surface area (Å²) in [6.07, 6.45) is 2.00. The van der Waals surface area contributed by atoms with Crippen LogP contribution in [-0.2, 0) is 4.79 Å². The van der Waals surface area contributed by atoms with Crippen LogP contribution in [0, 0.1) is 0 Å². The van der Waals surface area contributed by atoms with Crippen molar-refractivity contribution in [3.05, 3.63) is 0 Å². The van der Waals surface area contributed by atoms with E-state index in [4.69, 9.17) is 5.11 Å². The third kappa shape index (κ3) is 2.93. The Labute approximate surface area is 76.7 Å². The summed E-state index contributed by atoms with van der Waals surface area (Å²) in [7, 11) is 1.55. The second-order valence-electron chi connectivity index (χ2n) is 3.12. The standard InChI is InChI=1S/C8H14N2O3/c1-9-8(13)10(6-2-3-6)5-4-7(11)12/h6H,2-5H2,1H3,(H,9,13)(H,11,12). The number of carbonyl (C=O) groups excluding carboxylic acids is 1. The highest BCUT2D eigenvalue weighted by Crippen LogP contribution is 2.26. The zero-order valence-electron chi connectivity index (χ0n) is 7.62. The minimum atomic E-state index is -0.866. The quantitative estimate of drug-likeness (QED) is 0.661. The lowest BCUT2D eigenvalue weighted by Gasteiger charge is -2.20. The molecule has 13 heavy (non-hydrogen) atoms. The second kappa shape index (κ2) is 4.11. The van der Waals surface area contributed by atoms with Crippen LogP contribution in [0.1, 0.15) is 19.3 Å². The smallest absolute Gasteiger partial charge is 0.317 e. The van der Waals surface area contributed by atoms with Crippen molar-refractivity contribution in [1.29, 1.82) is 0 Å². The first kappa shape index (κ1) is 9.83. The van der Waals surface area contributed by atoms with Gasteiger partial charge >= 0.3 is 12.0 Å². The lowest BCUT2D eigenvalue weighted by molar-refractivity contribution is -0.137. The van der Waals surface area contributed by atoms with Crippen molar-refractivity contribution >= 4 is 12.0 Å². The molecule has 0 atom stereocenters. The predicted octanol–water partition coefficient (Wildman–Crippen LogP) is 0.265. The molecule has 0 saturated heterocycles. The van der Waals surface area contributed by atoms with Crippen molar-refractivity contribution in [2.75, 3.05) is 13.6 Å². The minimum absolute atomic E-state index is 0.0178. The zero-order chi connectivity index (χ0) is 9.84. The van der Waals surface area contributed by atoms with E-state index in [1.54, 1.807) is 11.9 Å². The zero-order valence-corrected chi connectivity index (χ0v) is 7.62. The van der Waals surface area contributed by atoms with Gasteiger partial charge in [0.05, 0.1) is 6.42 Å². The third-order valence-corrected chi connectivity index (χ3v) is 2.03. The van der Waals surface area contributed by atoms with Crippen LogP contribution in [0.25, 0.3) is 0 Å². The van der Waals surface area contributed by atoms with E-state index in [-0.39, 0.29) is 18.5 Å². The van der Waals surface area contributed by atoms with Crippen molar-refractivity contribution < 1.29 is 14.7 Å². The Morgan fingerprint density at radius 2 is 2.15 bits per heavy atom. The van der Waals surface area contributed by atoms with E-state index in [9.17, 15) is 9.59 Å². The van der Waals surface area contributed by atoms with E-state index in [2.05, 4.69) is 5.32 Å². The number of nitrogens with one attached hydrogen (secondary N) is 1. The number of urea groups is 1. The molecule has 2 amide bonds. The molecule has 0 aromatic heterocycles. The SMILES string of the molecule is CNC(=O)N(CCC(=O)O)C1CC1. The van der Waals surface area contributed by atoms with Gasteiger partial charge in [0.1, 0.15) is 0 Å². The Hall–Kier alpha value is -1.26. The number of carboxylic acid groups (broad SMARTS) is 1. The second-order valence-corrected chi connectivity index (χ2v) is 3.12. The molecule has 0 unspecified atom stereocenters. The molecule has 1 fully saturated rings. The molecular weight excluding hydrogens is 172 g/mol. The van der Waals surface area contributed by atoms with E-state index in [1.165, 1.54) is 0 Å². The number of amides is 2. The van der Waals surface area contributed by atoms with Crippen molar-refractivity contribution in [2.45, 2.75) is 25.3 Å². The van der Waals surface area contributed by atoms with Gasteiger partial charge in [0, 0.05) is 19.6 Å². The molecule has 0 aliphatic heterocycles. The number of nitrogens with zero attached hydrogens (tertiary/aromatic N) is 1. The maximum absolute atomic E-state index is 11.2. The largest absolute Gasteiger partial charge is 0.481 e. The summed E-state index contributed by atoms with van der Waals surface area (Å²) in [6, 6.07) is 0.0862. The van der Waals surface area contributed by atoms with Gasteiger partial charge in [-0.15, -0.1) is 0 Å². The minimum Gasteiger partial charge on any atom is -0.481 e. The van der Waals surface area contributed by atoms with Crippen LogP contribution < -0.4 is 5.32 Å². The van der Waals surface area contributed by atoms with Gasteiger partial charge in [-0.3, -0.25) is 4.79 Å². The van der Waals surface area contributed by atoms with Crippen LogP contribution in [0.15, 0.2) is 0 Å². The lowest BCUT2D eigenvalue weighted by atomic mass is 10.4. The average Bonchev–Trinajstić information content (AvgIpc) is 2.87. The summed E-state index contributed by atoms with van der Waals surface area (Å²) in [5, 5.41) is 11.0. The first-order valence-corrected chi connectivity index (χ1v) is 4.35. The number of hydrogen-bond donors (Lipinski definition) is 2.